The van der Waals surface area contributed by atoms with E-state index in [4.69, 9.17) is 22.9 Å². The molecule has 1 aliphatic carbocycles. The van der Waals surface area contributed by atoms with Crippen LogP contribution >= 0.6 is 0 Å². The first kappa shape index (κ1) is 16.4. The van der Waals surface area contributed by atoms with Crippen LogP contribution < -0.4 is 0 Å². The van der Waals surface area contributed by atoms with E-state index < -0.39 is 10.4 Å². The summed E-state index contributed by atoms with van der Waals surface area (Å²) in [6, 6.07) is 11.3. The number of benzene rings is 2. The molecular formula is C14H8N2O6S. The number of ketones is 2. The maximum absolute atomic E-state index is 12.3. The zero-order chi connectivity index (χ0) is 17.2. The Morgan fingerprint density at radius 1 is 0.913 bits per heavy atom. The molecule has 0 heterocycles. The van der Waals surface area contributed by atoms with Crippen LogP contribution in [0.1, 0.15) is 31.8 Å². The van der Waals surface area contributed by atoms with Crippen molar-refractivity contribution in [2.24, 2.45) is 0 Å². The lowest BCUT2D eigenvalue weighted by Gasteiger charge is -2.14. The van der Waals surface area contributed by atoms with Gasteiger partial charge in [0.15, 0.2) is 10.8 Å². The average molecular weight is 332 g/mol. The number of nitrogens with zero attached hydrogens (tertiary/aromatic N) is 2. The van der Waals surface area contributed by atoms with E-state index >= 15 is 0 Å². The third-order valence-corrected chi connectivity index (χ3v) is 3.04. The van der Waals surface area contributed by atoms with Crippen molar-refractivity contribution in [3.05, 3.63) is 69.7 Å². The first-order chi connectivity index (χ1) is 10.7. The normalized spacial score (nSPS) is 12.4. The van der Waals surface area contributed by atoms with Crippen LogP contribution in [0.25, 0.3) is 4.98 Å². The Labute approximate surface area is 130 Å². The summed E-state index contributed by atoms with van der Waals surface area (Å²) < 4.78 is 32.8. The predicted molar refractivity (Wildman–Crippen MR) is 76.8 cm³/mol. The van der Waals surface area contributed by atoms with Gasteiger partial charge in [-0.3, -0.25) is 14.1 Å². The van der Waals surface area contributed by atoms with Crippen molar-refractivity contribution in [1.82, 2.24) is 0 Å². The first-order valence-electron chi connectivity index (χ1n) is 6.09. The molecule has 3 rings (SSSR count). The van der Waals surface area contributed by atoms with Gasteiger partial charge >= 0.3 is 5.69 Å². The lowest BCUT2D eigenvalue weighted by atomic mass is 9.83. The molecule has 0 spiro atoms. The summed E-state index contributed by atoms with van der Waals surface area (Å²) in [7, 11) is -4.92. The molecule has 0 fully saturated rings. The fourth-order valence-electron chi connectivity index (χ4n) is 2.21. The summed E-state index contributed by atoms with van der Waals surface area (Å²) in [4.78, 5) is 27.6. The van der Waals surface area contributed by atoms with Crippen LogP contribution in [0.2, 0.25) is 0 Å². The molecule has 1 N–H and O–H groups in total. The highest BCUT2D eigenvalue weighted by Crippen LogP contribution is 2.32. The zero-order valence-corrected chi connectivity index (χ0v) is 12.1. The van der Waals surface area contributed by atoms with E-state index in [2.05, 4.69) is 4.98 Å². The highest BCUT2D eigenvalue weighted by atomic mass is 32.3. The van der Waals surface area contributed by atoms with Gasteiger partial charge in [0.25, 0.3) is 0 Å². The lowest BCUT2D eigenvalue weighted by Crippen LogP contribution is -2.20. The molecule has 2 aromatic carbocycles. The summed E-state index contributed by atoms with van der Waals surface area (Å²) in [5, 5.41) is 8.91. The number of hydrogen-bond acceptors (Lipinski definition) is 6. The maximum Gasteiger partial charge on any atom is 0.396 e. The van der Waals surface area contributed by atoms with Crippen molar-refractivity contribution in [3.63, 3.8) is 0 Å². The fourth-order valence-corrected chi connectivity index (χ4v) is 2.21. The second-order valence-corrected chi connectivity index (χ2v) is 5.29. The van der Waals surface area contributed by atoms with Crippen LogP contribution in [-0.4, -0.2) is 29.1 Å². The summed E-state index contributed by atoms with van der Waals surface area (Å²) in [6.07, 6.45) is 0. The maximum atomic E-state index is 12.3. The van der Waals surface area contributed by atoms with Gasteiger partial charge in [0.2, 0.25) is 21.6 Å². The minimum absolute atomic E-state index is 0.125. The monoisotopic (exact) mass is 332 g/mol. The zero-order valence-electron chi connectivity index (χ0n) is 11.3. The van der Waals surface area contributed by atoms with Gasteiger partial charge in [-0.25, -0.2) is 8.42 Å². The van der Waals surface area contributed by atoms with E-state index in [1.165, 1.54) is 6.07 Å². The van der Waals surface area contributed by atoms with Crippen molar-refractivity contribution >= 4 is 27.7 Å². The van der Waals surface area contributed by atoms with Crippen molar-refractivity contribution in [2.75, 3.05) is 0 Å². The standard InChI is InChI=1S/C14H7N2O2.H2O4S/c15-16-11-7-3-6-10-12(11)14(18)9-5-2-1-4-8(9)13(10)17;1-5(2,3)4/h1-7H;(H2,1,2,3,4)/q+1;/p-1. The fraction of sp³-hybridized carbons (Fsp3) is 0. The molecular weight excluding hydrogens is 324 g/mol. The molecule has 1 aliphatic rings. The molecule has 0 saturated heterocycles. The van der Waals surface area contributed by atoms with Gasteiger partial charge in [0.05, 0.1) is 0 Å². The highest BCUT2D eigenvalue weighted by molar-refractivity contribution is 7.79. The Balaban J connectivity index is 0.000000338. The second-order valence-electron chi connectivity index (χ2n) is 4.43. The van der Waals surface area contributed by atoms with Crippen LogP contribution in [0.15, 0.2) is 42.5 Å². The molecule has 23 heavy (non-hydrogen) atoms. The first-order valence-corrected chi connectivity index (χ1v) is 7.45. The Bertz CT molecular complexity index is 951. The van der Waals surface area contributed by atoms with Crippen LogP contribution in [-0.2, 0) is 10.4 Å². The van der Waals surface area contributed by atoms with Gasteiger partial charge < -0.3 is 4.55 Å². The summed E-state index contributed by atoms with van der Waals surface area (Å²) in [5.74, 6) is -0.501. The lowest BCUT2D eigenvalue weighted by molar-refractivity contribution is 0.0980. The van der Waals surface area contributed by atoms with Crippen LogP contribution in [0.4, 0.5) is 5.69 Å². The molecule has 9 heteroatoms. The SMILES string of the molecule is N#[N+]c1cccc2c1C(=O)c1ccccc1C2=O.O=S(=O)([O-])O. The molecule has 0 unspecified atom stereocenters. The van der Waals surface area contributed by atoms with Gasteiger partial charge in [-0.1, -0.05) is 30.3 Å². The number of rotatable bonds is 0. The molecule has 2 aromatic rings. The Morgan fingerprint density at radius 2 is 1.39 bits per heavy atom. The number of carbonyl (C=O) groups is 2. The van der Waals surface area contributed by atoms with E-state index in [0.717, 1.165) is 0 Å². The minimum atomic E-state index is -4.92. The quantitative estimate of drug-likeness (QED) is 0.377. The predicted octanol–water partition coefficient (Wildman–Crippen LogP) is 1.95. The van der Waals surface area contributed by atoms with Gasteiger partial charge in [-0.15, -0.1) is 0 Å². The summed E-state index contributed by atoms with van der Waals surface area (Å²) in [6.45, 7) is 0. The van der Waals surface area contributed by atoms with Gasteiger partial charge in [-0.05, 0) is 6.07 Å². The number of hydrogen-bond donors (Lipinski definition) is 1. The molecule has 116 valence electrons. The van der Waals surface area contributed by atoms with Gasteiger partial charge in [0, 0.05) is 22.8 Å². The van der Waals surface area contributed by atoms with Crippen molar-refractivity contribution in [2.45, 2.75) is 0 Å². The molecule has 0 aliphatic heterocycles. The topological polar surface area (TPSA) is 140 Å². The second kappa shape index (κ2) is 6.05. The minimum Gasteiger partial charge on any atom is -0.726 e. The Morgan fingerprint density at radius 3 is 1.91 bits per heavy atom. The number of carbonyl (C=O) groups excluding carboxylic acids is 2. The van der Waals surface area contributed by atoms with Crippen LogP contribution in [0.5, 0.6) is 0 Å². The van der Waals surface area contributed by atoms with Crippen molar-refractivity contribution in [1.29, 1.82) is 5.39 Å². The van der Waals surface area contributed by atoms with Gasteiger partial charge in [-0.2, -0.15) is 0 Å². The van der Waals surface area contributed by atoms with E-state index in [1.807, 2.05) is 0 Å². The third-order valence-electron chi connectivity index (χ3n) is 3.04. The number of fused-ring (bicyclic) bond motifs is 2. The van der Waals surface area contributed by atoms with Gasteiger partial charge in [0.1, 0.15) is 5.56 Å². The molecule has 8 nitrogen and oxygen atoms in total. The van der Waals surface area contributed by atoms with E-state index in [0.29, 0.717) is 11.1 Å². The summed E-state index contributed by atoms with van der Waals surface area (Å²) in [5.41, 5.74) is 1.33. The summed E-state index contributed by atoms with van der Waals surface area (Å²) >= 11 is 0. The average Bonchev–Trinajstić information content (AvgIpc) is 2.50. The molecule has 0 bridgehead atoms. The smallest absolute Gasteiger partial charge is 0.396 e. The highest BCUT2D eigenvalue weighted by Gasteiger charge is 2.35. The number of diazo groups is 1. The van der Waals surface area contributed by atoms with E-state index in [-0.39, 0.29) is 28.4 Å². The Kier molecular flexibility index (Phi) is 4.33. The van der Waals surface area contributed by atoms with E-state index in [9.17, 15) is 9.59 Å². The molecule has 0 atom stereocenters. The van der Waals surface area contributed by atoms with Crippen LogP contribution in [0.3, 0.4) is 0 Å². The third kappa shape index (κ3) is 3.46. The van der Waals surface area contributed by atoms with E-state index in [1.54, 1.807) is 36.4 Å². The molecule has 0 amide bonds. The molecule has 0 aromatic heterocycles. The molecule has 0 saturated carbocycles. The van der Waals surface area contributed by atoms with Crippen LogP contribution in [0, 0.1) is 5.39 Å². The largest absolute Gasteiger partial charge is 0.726 e. The van der Waals surface area contributed by atoms with Crippen molar-refractivity contribution in [3.8, 4) is 0 Å². The Hall–Kier alpha value is -2.93. The van der Waals surface area contributed by atoms with Crippen molar-refractivity contribution < 1.29 is 27.1 Å². The molecule has 0 radical (unpaired) electrons.